The van der Waals surface area contributed by atoms with Gasteiger partial charge in [-0.3, -0.25) is 4.79 Å². The fraction of sp³-hybridized carbons (Fsp3) is 0.421. The van der Waals surface area contributed by atoms with E-state index in [0.717, 1.165) is 18.5 Å². The van der Waals surface area contributed by atoms with Crippen molar-refractivity contribution in [1.29, 1.82) is 0 Å². The lowest BCUT2D eigenvalue weighted by Gasteiger charge is -2.18. The molecule has 2 rings (SSSR count). The van der Waals surface area contributed by atoms with Crippen molar-refractivity contribution in [2.24, 2.45) is 0 Å². The molecule has 1 N–H and O–H groups in total. The lowest BCUT2D eigenvalue weighted by atomic mass is 10.1. The van der Waals surface area contributed by atoms with Gasteiger partial charge in [0.2, 0.25) is 0 Å². The Kier molecular flexibility index (Phi) is 6.85. The van der Waals surface area contributed by atoms with Gasteiger partial charge in [0, 0.05) is 13.1 Å². The summed E-state index contributed by atoms with van der Waals surface area (Å²) in [5.41, 5.74) is 0.104. The van der Waals surface area contributed by atoms with Gasteiger partial charge in [0.25, 0.3) is 5.91 Å². The van der Waals surface area contributed by atoms with E-state index in [4.69, 9.17) is 4.74 Å². The predicted molar refractivity (Wildman–Crippen MR) is 95.6 cm³/mol. The molecule has 0 aliphatic heterocycles. The molecule has 142 valence electrons. The molecule has 7 heteroatoms. The minimum atomic E-state index is -4.47. The number of rotatable bonds is 8. The van der Waals surface area contributed by atoms with Gasteiger partial charge in [0.15, 0.2) is 6.61 Å². The van der Waals surface area contributed by atoms with Crippen molar-refractivity contribution in [3.05, 3.63) is 42.0 Å². The van der Waals surface area contributed by atoms with E-state index >= 15 is 0 Å². The van der Waals surface area contributed by atoms with Crippen LogP contribution in [-0.2, 0) is 0 Å². The van der Waals surface area contributed by atoms with E-state index < -0.39 is 18.7 Å². The van der Waals surface area contributed by atoms with E-state index in [0.29, 0.717) is 18.5 Å². The first kappa shape index (κ1) is 20.0. The first-order chi connectivity index (χ1) is 12.3. The largest absolute Gasteiger partial charge is 0.483 e. The summed E-state index contributed by atoms with van der Waals surface area (Å²) in [6.07, 6.45) is -4.47. The van der Waals surface area contributed by atoms with Gasteiger partial charge >= 0.3 is 6.18 Å². The minimum Gasteiger partial charge on any atom is -0.483 e. The summed E-state index contributed by atoms with van der Waals surface area (Å²) in [6.45, 7) is 5.42. The van der Waals surface area contributed by atoms with Crippen molar-refractivity contribution in [3.63, 3.8) is 0 Å². The highest BCUT2D eigenvalue weighted by Crippen LogP contribution is 2.28. The van der Waals surface area contributed by atoms with Crippen LogP contribution in [0.25, 0.3) is 10.8 Å². The standard InChI is InChI=1S/C19H23F3N2O2/c1-3-24(4-2)10-9-23-18(25)16-11-14-7-5-6-8-15(14)12-17(16)26-13-19(20,21)22/h5-8,11-12H,3-4,9-10,13H2,1-2H3,(H,23,25). The summed E-state index contributed by atoms with van der Waals surface area (Å²) in [5.74, 6) is -0.513. The van der Waals surface area contributed by atoms with E-state index in [1.54, 1.807) is 30.3 Å². The second-order valence-corrected chi connectivity index (χ2v) is 5.88. The Balaban J connectivity index is 2.20. The molecule has 1 amide bonds. The Labute approximate surface area is 150 Å². The molecular weight excluding hydrogens is 345 g/mol. The maximum Gasteiger partial charge on any atom is 0.422 e. The van der Waals surface area contributed by atoms with Crippen LogP contribution in [0, 0.1) is 0 Å². The Morgan fingerprint density at radius 3 is 2.31 bits per heavy atom. The number of halogens is 3. The molecule has 0 heterocycles. The molecule has 0 saturated heterocycles. The lowest BCUT2D eigenvalue weighted by Crippen LogP contribution is -2.35. The summed E-state index contributed by atoms with van der Waals surface area (Å²) in [5, 5.41) is 4.24. The number of carbonyl (C=O) groups excluding carboxylic acids is 1. The highest BCUT2D eigenvalue weighted by atomic mass is 19.4. The number of amides is 1. The molecule has 0 radical (unpaired) electrons. The van der Waals surface area contributed by atoms with Crippen molar-refractivity contribution in [2.45, 2.75) is 20.0 Å². The van der Waals surface area contributed by atoms with Gasteiger partial charge in [-0.1, -0.05) is 38.1 Å². The molecule has 0 unspecified atom stereocenters. The summed E-state index contributed by atoms with van der Waals surface area (Å²) in [4.78, 5) is 14.6. The monoisotopic (exact) mass is 368 g/mol. The Morgan fingerprint density at radius 2 is 1.73 bits per heavy atom. The van der Waals surface area contributed by atoms with Crippen LogP contribution >= 0.6 is 0 Å². The SMILES string of the molecule is CCN(CC)CCNC(=O)c1cc2ccccc2cc1OCC(F)(F)F. The zero-order valence-corrected chi connectivity index (χ0v) is 14.9. The van der Waals surface area contributed by atoms with Gasteiger partial charge in [-0.15, -0.1) is 0 Å². The minimum absolute atomic E-state index is 0.0682. The van der Waals surface area contributed by atoms with Gasteiger partial charge < -0.3 is 15.0 Å². The van der Waals surface area contributed by atoms with Crippen molar-refractivity contribution in [1.82, 2.24) is 10.2 Å². The first-order valence-corrected chi connectivity index (χ1v) is 8.57. The maximum atomic E-state index is 12.5. The number of likely N-dealkylation sites (N-methyl/N-ethyl adjacent to an activating group) is 1. The number of hydrogen-bond donors (Lipinski definition) is 1. The van der Waals surface area contributed by atoms with E-state index in [2.05, 4.69) is 10.2 Å². The maximum absolute atomic E-state index is 12.5. The predicted octanol–water partition coefficient (Wildman–Crippen LogP) is 3.85. The van der Waals surface area contributed by atoms with Crippen molar-refractivity contribution < 1.29 is 22.7 Å². The van der Waals surface area contributed by atoms with E-state index in [9.17, 15) is 18.0 Å². The van der Waals surface area contributed by atoms with E-state index in [-0.39, 0.29) is 11.3 Å². The van der Waals surface area contributed by atoms with Crippen LogP contribution in [0.15, 0.2) is 36.4 Å². The van der Waals surface area contributed by atoms with Crippen LogP contribution in [0.1, 0.15) is 24.2 Å². The third kappa shape index (κ3) is 5.62. The third-order valence-electron chi connectivity index (χ3n) is 4.09. The van der Waals surface area contributed by atoms with Crippen LogP contribution in [0.3, 0.4) is 0 Å². The molecule has 0 aliphatic rings. The van der Waals surface area contributed by atoms with Crippen LogP contribution in [0.2, 0.25) is 0 Å². The number of hydrogen-bond acceptors (Lipinski definition) is 3. The lowest BCUT2D eigenvalue weighted by molar-refractivity contribution is -0.153. The highest BCUT2D eigenvalue weighted by Gasteiger charge is 2.29. The Hall–Kier alpha value is -2.28. The molecule has 0 saturated carbocycles. The first-order valence-electron chi connectivity index (χ1n) is 8.57. The van der Waals surface area contributed by atoms with Gasteiger partial charge in [-0.25, -0.2) is 0 Å². The number of alkyl halides is 3. The molecular formula is C19H23F3N2O2. The number of fused-ring (bicyclic) bond motifs is 1. The third-order valence-corrected chi connectivity index (χ3v) is 4.09. The van der Waals surface area contributed by atoms with E-state index in [1.807, 2.05) is 13.8 Å². The van der Waals surface area contributed by atoms with E-state index in [1.165, 1.54) is 6.07 Å². The van der Waals surface area contributed by atoms with Gasteiger partial charge in [0.05, 0.1) is 5.56 Å². The average molecular weight is 368 g/mol. The molecule has 0 spiro atoms. The molecule has 0 fully saturated rings. The normalized spacial score (nSPS) is 11.8. The molecule has 2 aromatic carbocycles. The second-order valence-electron chi connectivity index (χ2n) is 5.88. The van der Waals surface area contributed by atoms with Crippen LogP contribution in [-0.4, -0.2) is 49.8 Å². The number of ether oxygens (including phenoxy) is 1. The fourth-order valence-corrected chi connectivity index (χ4v) is 2.64. The number of benzene rings is 2. The van der Waals surface area contributed by atoms with Crippen LogP contribution in [0.4, 0.5) is 13.2 Å². The van der Waals surface area contributed by atoms with Crippen molar-refractivity contribution in [3.8, 4) is 5.75 Å². The Bertz CT molecular complexity index is 743. The zero-order valence-electron chi connectivity index (χ0n) is 14.9. The molecule has 4 nitrogen and oxygen atoms in total. The molecule has 2 aromatic rings. The molecule has 0 atom stereocenters. The quantitative estimate of drug-likeness (QED) is 0.770. The van der Waals surface area contributed by atoms with Crippen LogP contribution in [0.5, 0.6) is 5.75 Å². The number of nitrogens with zero attached hydrogens (tertiary/aromatic N) is 1. The summed E-state index contributed by atoms with van der Waals surface area (Å²) in [6, 6.07) is 10.2. The topological polar surface area (TPSA) is 41.6 Å². The number of nitrogens with one attached hydrogen (secondary N) is 1. The zero-order chi connectivity index (χ0) is 19.2. The molecule has 26 heavy (non-hydrogen) atoms. The summed E-state index contributed by atoms with van der Waals surface area (Å²) >= 11 is 0. The van der Waals surface area contributed by atoms with Gasteiger partial charge in [0.1, 0.15) is 5.75 Å². The molecule has 0 bridgehead atoms. The van der Waals surface area contributed by atoms with Crippen LogP contribution < -0.4 is 10.1 Å². The van der Waals surface area contributed by atoms with Crippen molar-refractivity contribution in [2.75, 3.05) is 32.8 Å². The molecule has 0 aliphatic carbocycles. The highest BCUT2D eigenvalue weighted by molar-refractivity contribution is 6.01. The summed E-state index contributed by atoms with van der Waals surface area (Å²) < 4.78 is 42.5. The second kappa shape index (κ2) is 8.89. The fourth-order valence-electron chi connectivity index (χ4n) is 2.64. The van der Waals surface area contributed by atoms with Gasteiger partial charge in [-0.2, -0.15) is 13.2 Å². The molecule has 0 aromatic heterocycles. The summed E-state index contributed by atoms with van der Waals surface area (Å²) in [7, 11) is 0. The van der Waals surface area contributed by atoms with Crippen molar-refractivity contribution >= 4 is 16.7 Å². The van der Waals surface area contributed by atoms with Gasteiger partial charge in [-0.05, 0) is 36.0 Å². The average Bonchev–Trinajstić information content (AvgIpc) is 2.62. The number of carbonyl (C=O) groups is 1. The smallest absolute Gasteiger partial charge is 0.422 e. The Morgan fingerprint density at radius 1 is 1.12 bits per heavy atom.